The number of urea groups is 1. The van der Waals surface area contributed by atoms with Gasteiger partial charge in [-0.05, 0) is 66.1 Å². The fraction of sp³-hybridized carbons (Fsp3) is 0.286. The van der Waals surface area contributed by atoms with Crippen LogP contribution in [0.15, 0.2) is 54.9 Å². The molecule has 2 aromatic carbocycles. The fourth-order valence-electron chi connectivity index (χ4n) is 3.45. The van der Waals surface area contributed by atoms with Gasteiger partial charge < -0.3 is 10.1 Å². The van der Waals surface area contributed by atoms with Crippen molar-refractivity contribution in [2.24, 2.45) is 0 Å². The lowest BCUT2D eigenvalue weighted by atomic mass is 9.91. The van der Waals surface area contributed by atoms with Gasteiger partial charge in [-0.15, -0.1) is 5.10 Å². The maximum atomic E-state index is 13.1. The Morgan fingerprint density at radius 2 is 1.97 bits per heavy atom. The first kappa shape index (κ1) is 19.6. The molecule has 2 heterocycles. The second kappa shape index (κ2) is 7.94. The molecule has 1 N–H and O–H groups in total. The van der Waals surface area contributed by atoms with E-state index in [0.717, 1.165) is 11.3 Å². The van der Waals surface area contributed by atoms with Crippen LogP contribution in [0.5, 0.6) is 5.75 Å². The number of hydrogen-bond donors (Lipinski definition) is 1. The van der Waals surface area contributed by atoms with Crippen LogP contribution in [0.25, 0.3) is 5.69 Å². The molecule has 1 atom stereocenters. The summed E-state index contributed by atoms with van der Waals surface area (Å²) in [5.41, 5.74) is 1.32. The van der Waals surface area contributed by atoms with E-state index >= 15 is 0 Å². The van der Waals surface area contributed by atoms with E-state index in [1.54, 1.807) is 25.1 Å². The lowest BCUT2D eigenvalue weighted by Gasteiger charge is -2.22. The van der Waals surface area contributed by atoms with Gasteiger partial charge in [0.05, 0.1) is 12.3 Å². The van der Waals surface area contributed by atoms with E-state index in [1.807, 2.05) is 37.3 Å². The smallest absolute Gasteiger partial charge is 0.325 e. The van der Waals surface area contributed by atoms with Crippen molar-refractivity contribution in [3.8, 4) is 11.4 Å². The number of ether oxygens (including phenoxy) is 1. The molecule has 4 rings (SSSR count). The first-order chi connectivity index (χ1) is 14.5. The van der Waals surface area contributed by atoms with Crippen LogP contribution in [0.4, 0.5) is 4.79 Å². The van der Waals surface area contributed by atoms with Crippen LogP contribution in [-0.4, -0.2) is 50.2 Å². The molecule has 1 aromatic heterocycles. The molecule has 0 radical (unpaired) electrons. The number of amides is 3. The van der Waals surface area contributed by atoms with E-state index in [-0.39, 0.29) is 12.5 Å². The number of benzene rings is 2. The normalized spacial score (nSPS) is 18.5. The highest BCUT2D eigenvalue weighted by atomic mass is 16.5. The molecule has 0 saturated carbocycles. The van der Waals surface area contributed by atoms with Gasteiger partial charge in [-0.1, -0.05) is 24.3 Å². The second-order valence-corrected chi connectivity index (χ2v) is 7.34. The quantitative estimate of drug-likeness (QED) is 0.477. The van der Waals surface area contributed by atoms with Crippen LogP contribution < -0.4 is 10.1 Å². The zero-order chi connectivity index (χ0) is 21.1. The molecule has 0 unspecified atom stereocenters. The van der Waals surface area contributed by atoms with Gasteiger partial charge in [0.25, 0.3) is 5.91 Å². The number of aromatic nitrogens is 4. The summed E-state index contributed by atoms with van der Waals surface area (Å²) in [6.07, 6.45) is 2.00. The van der Waals surface area contributed by atoms with Crippen molar-refractivity contribution in [2.75, 3.05) is 13.2 Å². The molecule has 9 nitrogen and oxygen atoms in total. The molecular weight excluding hydrogens is 384 g/mol. The van der Waals surface area contributed by atoms with E-state index in [4.69, 9.17) is 4.74 Å². The highest BCUT2D eigenvalue weighted by Crippen LogP contribution is 2.30. The largest absolute Gasteiger partial charge is 0.494 e. The van der Waals surface area contributed by atoms with E-state index in [2.05, 4.69) is 20.8 Å². The van der Waals surface area contributed by atoms with Crippen LogP contribution in [0.3, 0.4) is 0 Å². The molecule has 9 heteroatoms. The van der Waals surface area contributed by atoms with E-state index in [0.29, 0.717) is 24.3 Å². The van der Waals surface area contributed by atoms with Crippen LogP contribution >= 0.6 is 0 Å². The van der Waals surface area contributed by atoms with Crippen molar-refractivity contribution in [3.63, 3.8) is 0 Å². The third-order valence-electron chi connectivity index (χ3n) is 5.10. The Kier molecular flexibility index (Phi) is 5.18. The molecule has 154 valence electrons. The lowest BCUT2D eigenvalue weighted by Crippen LogP contribution is -2.41. The zero-order valence-corrected chi connectivity index (χ0v) is 16.8. The number of carbonyl (C=O) groups excluding carboxylic acids is 2. The molecule has 3 amide bonds. The third kappa shape index (κ3) is 3.73. The molecule has 0 bridgehead atoms. The Bertz CT molecular complexity index is 1070. The summed E-state index contributed by atoms with van der Waals surface area (Å²) in [4.78, 5) is 26.9. The molecule has 3 aromatic rings. The van der Waals surface area contributed by atoms with Gasteiger partial charge in [0.15, 0.2) is 0 Å². The molecule has 0 spiro atoms. The number of hydrogen-bond acceptors (Lipinski definition) is 6. The summed E-state index contributed by atoms with van der Waals surface area (Å²) in [7, 11) is 0. The maximum absolute atomic E-state index is 13.1. The number of rotatable bonds is 7. The van der Waals surface area contributed by atoms with Gasteiger partial charge in [0.1, 0.15) is 17.6 Å². The van der Waals surface area contributed by atoms with Crippen LogP contribution in [0.1, 0.15) is 24.5 Å². The highest BCUT2D eigenvalue weighted by molar-refractivity contribution is 6.07. The van der Waals surface area contributed by atoms with Gasteiger partial charge in [-0.3, -0.25) is 9.69 Å². The Balaban J connectivity index is 1.42. The molecule has 1 aliphatic rings. The first-order valence-electron chi connectivity index (χ1n) is 9.65. The van der Waals surface area contributed by atoms with Crippen molar-refractivity contribution in [2.45, 2.75) is 25.8 Å². The number of nitrogens with one attached hydrogen (secondary N) is 1. The first-order valence-corrected chi connectivity index (χ1v) is 9.65. The highest BCUT2D eigenvalue weighted by Gasteiger charge is 2.48. The SMILES string of the molecule is Cc1cccc(OCCCN2C(=O)N[C@](C)(c3cccc(-n4cnnn4)c3)C2=O)c1. The van der Waals surface area contributed by atoms with Crippen LogP contribution in [-0.2, 0) is 10.3 Å². The molecule has 30 heavy (non-hydrogen) atoms. The predicted molar refractivity (Wildman–Crippen MR) is 108 cm³/mol. The minimum Gasteiger partial charge on any atom is -0.494 e. The van der Waals surface area contributed by atoms with Crippen molar-refractivity contribution < 1.29 is 14.3 Å². The molecule has 1 fully saturated rings. The molecule has 0 aliphatic carbocycles. The number of nitrogens with zero attached hydrogens (tertiary/aromatic N) is 5. The van der Waals surface area contributed by atoms with Gasteiger partial charge in [0.2, 0.25) is 0 Å². The topological polar surface area (TPSA) is 102 Å². The Morgan fingerprint density at radius 1 is 1.13 bits per heavy atom. The van der Waals surface area contributed by atoms with Gasteiger partial charge >= 0.3 is 6.03 Å². The van der Waals surface area contributed by atoms with Gasteiger partial charge in [-0.2, -0.15) is 0 Å². The zero-order valence-electron chi connectivity index (χ0n) is 16.8. The minimum absolute atomic E-state index is 0.277. The van der Waals surface area contributed by atoms with Crippen molar-refractivity contribution in [3.05, 3.63) is 66.0 Å². The molecular formula is C21H22N6O3. The fourth-order valence-corrected chi connectivity index (χ4v) is 3.45. The monoisotopic (exact) mass is 406 g/mol. The molecule has 1 aliphatic heterocycles. The predicted octanol–water partition coefficient (Wildman–Crippen LogP) is 2.21. The number of carbonyl (C=O) groups is 2. The standard InChI is InChI=1S/C21H22N6O3/c1-15-6-3-9-18(12-15)30-11-5-10-26-19(28)21(2,23-20(26)29)16-7-4-8-17(13-16)27-14-22-24-25-27/h3-4,6-9,12-14H,5,10-11H2,1-2H3,(H,23,29)/t21-/m1/s1. The van der Waals surface area contributed by atoms with E-state index in [9.17, 15) is 9.59 Å². The van der Waals surface area contributed by atoms with E-state index in [1.165, 1.54) is 15.9 Å². The Hall–Kier alpha value is -3.75. The van der Waals surface area contributed by atoms with Gasteiger partial charge in [-0.25, -0.2) is 9.48 Å². The summed E-state index contributed by atoms with van der Waals surface area (Å²) in [5, 5.41) is 13.9. The maximum Gasteiger partial charge on any atom is 0.325 e. The van der Waals surface area contributed by atoms with E-state index < -0.39 is 11.6 Å². The number of aryl methyl sites for hydroxylation is 1. The number of imide groups is 1. The van der Waals surface area contributed by atoms with Crippen molar-refractivity contribution >= 4 is 11.9 Å². The average Bonchev–Trinajstić information content (AvgIpc) is 3.35. The van der Waals surface area contributed by atoms with Crippen molar-refractivity contribution in [1.29, 1.82) is 0 Å². The molecule has 1 saturated heterocycles. The Labute approximate surface area is 173 Å². The van der Waals surface area contributed by atoms with Crippen molar-refractivity contribution in [1.82, 2.24) is 30.4 Å². The second-order valence-electron chi connectivity index (χ2n) is 7.34. The summed E-state index contributed by atoms with van der Waals surface area (Å²) in [6, 6.07) is 14.6. The summed E-state index contributed by atoms with van der Waals surface area (Å²) >= 11 is 0. The van der Waals surface area contributed by atoms with Crippen LogP contribution in [0.2, 0.25) is 0 Å². The Morgan fingerprint density at radius 3 is 2.73 bits per heavy atom. The average molecular weight is 406 g/mol. The number of tetrazole rings is 1. The third-order valence-corrected chi connectivity index (χ3v) is 5.10. The van der Waals surface area contributed by atoms with Gasteiger partial charge in [0, 0.05) is 6.54 Å². The van der Waals surface area contributed by atoms with Crippen LogP contribution in [0, 0.1) is 6.92 Å². The summed E-state index contributed by atoms with van der Waals surface area (Å²) < 4.78 is 7.21. The lowest BCUT2D eigenvalue weighted by molar-refractivity contribution is -0.131. The summed E-state index contributed by atoms with van der Waals surface area (Å²) in [5.74, 6) is 0.480. The minimum atomic E-state index is -1.15. The summed E-state index contributed by atoms with van der Waals surface area (Å²) in [6.45, 7) is 4.38.